The van der Waals surface area contributed by atoms with Gasteiger partial charge >= 0.3 is 0 Å². The highest BCUT2D eigenvalue weighted by molar-refractivity contribution is 5.83. The summed E-state index contributed by atoms with van der Waals surface area (Å²) in [7, 11) is 0. The van der Waals surface area contributed by atoms with Crippen molar-refractivity contribution in [3.05, 3.63) is 102 Å². The summed E-state index contributed by atoms with van der Waals surface area (Å²) >= 11 is 0. The number of halogens is 1. The molecule has 0 saturated carbocycles. The average Bonchev–Trinajstić information content (AvgIpc) is 2.74. The fourth-order valence-electron chi connectivity index (χ4n) is 3.33. The van der Waals surface area contributed by atoms with Crippen LogP contribution in [0.25, 0.3) is 0 Å². The Labute approximate surface area is 165 Å². The van der Waals surface area contributed by atoms with E-state index in [9.17, 15) is 9.18 Å². The Hall–Kier alpha value is -3.01. The highest BCUT2D eigenvalue weighted by atomic mass is 19.1. The number of nitrogens with zero attached hydrogens (tertiary/aromatic N) is 2. The molecule has 0 saturated heterocycles. The van der Waals surface area contributed by atoms with Crippen LogP contribution in [0.15, 0.2) is 79.0 Å². The second-order valence-corrected chi connectivity index (χ2v) is 6.83. The molecule has 0 spiro atoms. The number of aromatic nitrogens is 1. The maximum absolute atomic E-state index is 13.4. The van der Waals surface area contributed by atoms with E-state index in [4.69, 9.17) is 0 Å². The quantitative estimate of drug-likeness (QED) is 0.555. The molecule has 1 aromatic heterocycles. The minimum absolute atomic E-state index is 0.0916. The van der Waals surface area contributed by atoms with Crippen LogP contribution in [0.5, 0.6) is 0 Å². The third kappa shape index (κ3) is 5.26. The molecule has 4 heteroatoms. The van der Waals surface area contributed by atoms with Crippen LogP contribution in [0.3, 0.4) is 0 Å². The number of benzene rings is 2. The van der Waals surface area contributed by atoms with Crippen molar-refractivity contribution in [3.63, 3.8) is 0 Å². The molecule has 0 N–H and O–H groups in total. The van der Waals surface area contributed by atoms with E-state index in [1.807, 2.05) is 60.4 Å². The van der Waals surface area contributed by atoms with E-state index < -0.39 is 0 Å². The summed E-state index contributed by atoms with van der Waals surface area (Å²) in [6.45, 7) is 3.05. The topological polar surface area (TPSA) is 33.2 Å². The summed E-state index contributed by atoms with van der Waals surface area (Å²) in [5, 5.41) is 0. The van der Waals surface area contributed by atoms with E-state index in [1.54, 1.807) is 18.3 Å². The molecule has 144 valence electrons. The zero-order valence-electron chi connectivity index (χ0n) is 16.1. The van der Waals surface area contributed by atoms with E-state index >= 15 is 0 Å². The molecule has 1 amide bonds. The Balaban J connectivity index is 1.80. The minimum atomic E-state index is -0.272. The lowest BCUT2D eigenvalue weighted by Crippen LogP contribution is -2.36. The van der Waals surface area contributed by atoms with Crippen LogP contribution < -0.4 is 0 Å². The Morgan fingerprint density at radius 3 is 2.36 bits per heavy atom. The second-order valence-electron chi connectivity index (χ2n) is 6.83. The van der Waals surface area contributed by atoms with Crippen molar-refractivity contribution in [2.24, 2.45) is 0 Å². The molecule has 0 fully saturated rings. The predicted octanol–water partition coefficient (Wildman–Crippen LogP) is 4.99. The standard InChI is InChI=1S/C24H25FN2O/c1-2-23(20-8-4-3-5-9-20)24(28)27(17-15-22-10-6-7-16-26-22)18-19-11-13-21(25)14-12-19/h3-14,16,23H,2,15,17-18H2,1H3. The van der Waals surface area contributed by atoms with Crippen LogP contribution in [0.2, 0.25) is 0 Å². The zero-order valence-corrected chi connectivity index (χ0v) is 16.1. The van der Waals surface area contributed by atoms with Gasteiger partial charge in [-0.15, -0.1) is 0 Å². The van der Waals surface area contributed by atoms with Crippen LogP contribution in [0.1, 0.15) is 36.1 Å². The molecule has 28 heavy (non-hydrogen) atoms. The van der Waals surface area contributed by atoms with Crippen LogP contribution in [-0.2, 0) is 17.8 Å². The second kappa shape index (κ2) is 9.79. The van der Waals surface area contributed by atoms with Gasteiger partial charge in [0.05, 0.1) is 5.92 Å². The first-order valence-corrected chi connectivity index (χ1v) is 9.65. The van der Waals surface area contributed by atoms with Crippen LogP contribution in [0, 0.1) is 5.82 Å². The monoisotopic (exact) mass is 376 g/mol. The summed E-state index contributed by atoms with van der Waals surface area (Å²) in [5.74, 6) is -0.370. The third-order valence-electron chi connectivity index (χ3n) is 4.87. The van der Waals surface area contributed by atoms with Crippen molar-refractivity contribution >= 4 is 5.91 Å². The van der Waals surface area contributed by atoms with Crippen molar-refractivity contribution in [2.45, 2.75) is 32.2 Å². The number of carbonyl (C=O) groups excluding carboxylic acids is 1. The predicted molar refractivity (Wildman–Crippen MR) is 109 cm³/mol. The van der Waals surface area contributed by atoms with Crippen molar-refractivity contribution in [1.82, 2.24) is 9.88 Å². The molecule has 0 radical (unpaired) electrons. The van der Waals surface area contributed by atoms with Crippen LogP contribution >= 0.6 is 0 Å². The van der Waals surface area contributed by atoms with Gasteiger partial charge in [-0.2, -0.15) is 0 Å². The summed E-state index contributed by atoms with van der Waals surface area (Å²) < 4.78 is 13.3. The number of amides is 1. The lowest BCUT2D eigenvalue weighted by Gasteiger charge is -2.27. The molecule has 0 aliphatic heterocycles. The molecule has 1 heterocycles. The highest BCUT2D eigenvalue weighted by Gasteiger charge is 2.24. The maximum atomic E-state index is 13.4. The first-order chi connectivity index (χ1) is 13.7. The van der Waals surface area contributed by atoms with Gasteiger partial charge in [0.25, 0.3) is 0 Å². The number of hydrogen-bond acceptors (Lipinski definition) is 2. The van der Waals surface area contributed by atoms with E-state index in [1.165, 1.54) is 12.1 Å². The molecule has 3 rings (SSSR count). The first-order valence-electron chi connectivity index (χ1n) is 9.65. The Morgan fingerprint density at radius 1 is 1.00 bits per heavy atom. The fraction of sp³-hybridized carbons (Fsp3) is 0.250. The molecule has 0 aliphatic carbocycles. The van der Waals surface area contributed by atoms with Gasteiger partial charge in [0.2, 0.25) is 5.91 Å². The third-order valence-corrected chi connectivity index (χ3v) is 4.87. The minimum Gasteiger partial charge on any atom is -0.337 e. The molecule has 0 bridgehead atoms. The Bertz CT molecular complexity index is 866. The Morgan fingerprint density at radius 2 is 1.71 bits per heavy atom. The van der Waals surface area contributed by atoms with E-state index in [0.29, 0.717) is 19.5 Å². The smallest absolute Gasteiger partial charge is 0.230 e. The normalized spacial score (nSPS) is 11.8. The lowest BCUT2D eigenvalue weighted by molar-refractivity contribution is -0.133. The summed E-state index contributed by atoms with van der Waals surface area (Å²) in [6, 6.07) is 22.0. The van der Waals surface area contributed by atoms with Gasteiger partial charge in [-0.25, -0.2) is 4.39 Å². The van der Waals surface area contributed by atoms with Gasteiger partial charge in [-0.1, -0.05) is 55.5 Å². The summed E-state index contributed by atoms with van der Waals surface area (Å²) in [4.78, 5) is 19.6. The molecule has 1 unspecified atom stereocenters. The molecule has 1 atom stereocenters. The van der Waals surface area contributed by atoms with Crippen LogP contribution in [0.4, 0.5) is 4.39 Å². The molecular formula is C24H25FN2O. The largest absolute Gasteiger partial charge is 0.337 e. The molecule has 3 aromatic rings. The zero-order chi connectivity index (χ0) is 19.8. The van der Waals surface area contributed by atoms with Gasteiger partial charge in [0.1, 0.15) is 5.82 Å². The first kappa shape index (κ1) is 19.7. The molecule has 2 aromatic carbocycles. The average molecular weight is 376 g/mol. The Kier molecular flexibility index (Phi) is 6.90. The van der Waals surface area contributed by atoms with Crippen molar-refractivity contribution in [3.8, 4) is 0 Å². The van der Waals surface area contributed by atoms with Crippen LogP contribution in [-0.4, -0.2) is 22.3 Å². The molecule has 3 nitrogen and oxygen atoms in total. The number of rotatable bonds is 8. The van der Waals surface area contributed by atoms with Crippen molar-refractivity contribution in [1.29, 1.82) is 0 Å². The van der Waals surface area contributed by atoms with Gasteiger partial charge in [-0.05, 0) is 41.8 Å². The SMILES string of the molecule is CCC(C(=O)N(CCc1ccccn1)Cc1ccc(F)cc1)c1ccccc1. The number of hydrogen-bond donors (Lipinski definition) is 0. The van der Waals surface area contributed by atoms with Gasteiger partial charge in [0.15, 0.2) is 0 Å². The fourth-order valence-corrected chi connectivity index (χ4v) is 3.33. The van der Waals surface area contributed by atoms with Gasteiger partial charge in [0, 0.05) is 31.4 Å². The number of pyridine rings is 1. The van der Waals surface area contributed by atoms with Gasteiger partial charge in [-0.3, -0.25) is 9.78 Å². The lowest BCUT2D eigenvalue weighted by atomic mass is 9.94. The van der Waals surface area contributed by atoms with E-state index in [-0.39, 0.29) is 17.6 Å². The number of carbonyl (C=O) groups is 1. The highest BCUT2D eigenvalue weighted by Crippen LogP contribution is 2.23. The van der Waals surface area contributed by atoms with Crippen molar-refractivity contribution in [2.75, 3.05) is 6.54 Å². The van der Waals surface area contributed by atoms with E-state index in [0.717, 1.165) is 23.2 Å². The van der Waals surface area contributed by atoms with E-state index in [2.05, 4.69) is 4.98 Å². The molecule has 0 aliphatic rings. The molecular weight excluding hydrogens is 351 g/mol. The summed E-state index contributed by atoms with van der Waals surface area (Å²) in [5.41, 5.74) is 2.89. The van der Waals surface area contributed by atoms with Crippen molar-refractivity contribution < 1.29 is 9.18 Å². The summed E-state index contributed by atoms with van der Waals surface area (Å²) in [6.07, 6.45) is 3.17. The maximum Gasteiger partial charge on any atom is 0.230 e. The van der Waals surface area contributed by atoms with Gasteiger partial charge < -0.3 is 4.90 Å².